The number of carbonyl (C=O) groups is 1. The fourth-order valence-electron chi connectivity index (χ4n) is 1.95. The summed E-state index contributed by atoms with van der Waals surface area (Å²) in [7, 11) is 1.60. The fraction of sp³-hybridized carbons (Fsp3) is 0.188. The molecule has 0 unspecified atom stereocenters. The van der Waals surface area contributed by atoms with E-state index in [1.165, 1.54) is 0 Å². The minimum atomic E-state index is -0.104. The molecule has 0 aliphatic heterocycles. The highest BCUT2D eigenvalue weighted by Crippen LogP contribution is 2.28. The minimum absolute atomic E-state index is 0.104. The van der Waals surface area contributed by atoms with Gasteiger partial charge in [0, 0.05) is 10.2 Å². The molecule has 0 radical (unpaired) electrons. The van der Waals surface area contributed by atoms with Gasteiger partial charge < -0.3 is 15.8 Å². The van der Waals surface area contributed by atoms with E-state index in [4.69, 9.17) is 10.5 Å². The maximum Gasteiger partial charge on any atom is 0.228 e. The number of hydrogen-bond acceptors (Lipinski definition) is 3. The second kappa shape index (κ2) is 6.63. The zero-order chi connectivity index (χ0) is 15.4. The third-order valence-corrected chi connectivity index (χ3v) is 3.78. The third kappa shape index (κ3) is 3.98. The predicted molar refractivity (Wildman–Crippen MR) is 88.6 cm³/mol. The van der Waals surface area contributed by atoms with Gasteiger partial charge in [0.05, 0.1) is 19.2 Å². The number of nitrogen functional groups attached to an aromatic ring is 1. The van der Waals surface area contributed by atoms with Crippen LogP contribution < -0.4 is 15.8 Å². The smallest absolute Gasteiger partial charge is 0.228 e. The third-order valence-electron chi connectivity index (χ3n) is 3.13. The first-order chi connectivity index (χ1) is 9.99. The Morgan fingerprint density at radius 3 is 2.81 bits per heavy atom. The average Bonchev–Trinajstić information content (AvgIpc) is 2.45. The van der Waals surface area contributed by atoms with Gasteiger partial charge in [-0.05, 0) is 58.2 Å². The van der Waals surface area contributed by atoms with E-state index in [0.717, 1.165) is 21.3 Å². The van der Waals surface area contributed by atoms with Crippen molar-refractivity contribution in [2.24, 2.45) is 0 Å². The van der Waals surface area contributed by atoms with Crippen LogP contribution in [0.15, 0.2) is 40.9 Å². The SMILES string of the molecule is COc1cccc(CC(=O)Nc2cc(N)c(C)cc2Br)c1. The Kier molecular flexibility index (Phi) is 4.85. The zero-order valence-electron chi connectivity index (χ0n) is 11.9. The molecule has 0 atom stereocenters. The van der Waals surface area contributed by atoms with E-state index in [1.54, 1.807) is 13.2 Å². The van der Waals surface area contributed by atoms with E-state index in [-0.39, 0.29) is 12.3 Å². The van der Waals surface area contributed by atoms with Crippen molar-refractivity contribution in [3.05, 3.63) is 52.0 Å². The van der Waals surface area contributed by atoms with Gasteiger partial charge in [-0.1, -0.05) is 12.1 Å². The molecule has 5 heteroatoms. The van der Waals surface area contributed by atoms with E-state index in [2.05, 4.69) is 21.2 Å². The van der Waals surface area contributed by atoms with Gasteiger partial charge in [-0.2, -0.15) is 0 Å². The summed E-state index contributed by atoms with van der Waals surface area (Å²) in [5, 5.41) is 2.86. The zero-order valence-corrected chi connectivity index (χ0v) is 13.5. The molecule has 3 N–H and O–H groups in total. The highest BCUT2D eigenvalue weighted by molar-refractivity contribution is 9.10. The van der Waals surface area contributed by atoms with Crippen LogP contribution in [0.4, 0.5) is 11.4 Å². The number of hydrogen-bond donors (Lipinski definition) is 2. The topological polar surface area (TPSA) is 64.3 Å². The van der Waals surface area contributed by atoms with E-state index < -0.39 is 0 Å². The monoisotopic (exact) mass is 348 g/mol. The molecule has 110 valence electrons. The molecule has 0 aliphatic carbocycles. The number of methoxy groups -OCH3 is 1. The summed E-state index contributed by atoms with van der Waals surface area (Å²) in [4.78, 5) is 12.1. The van der Waals surface area contributed by atoms with Crippen molar-refractivity contribution < 1.29 is 9.53 Å². The molecule has 0 aromatic heterocycles. The van der Waals surface area contributed by atoms with Gasteiger partial charge in [0.2, 0.25) is 5.91 Å². The minimum Gasteiger partial charge on any atom is -0.497 e. The number of benzene rings is 2. The summed E-state index contributed by atoms with van der Waals surface area (Å²) in [5.41, 5.74) is 9.04. The molecular formula is C16H17BrN2O2. The van der Waals surface area contributed by atoms with Crippen LogP contribution in [0.2, 0.25) is 0 Å². The molecule has 2 aromatic rings. The summed E-state index contributed by atoms with van der Waals surface area (Å²) in [6.45, 7) is 1.92. The molecule has 0 aliphatic rings. The van der Waals surface area contributed by atoms with Crippen molar-refractivity contribution in [1.82, 2.24) is 0 Å². The normalized spacial score (nSPS) is 10.2. The molecule has 1 amide bonds. The van der Waals surface area contributed by atoms with E-state index in [9.17, 15) is 4.79 Å². The molecule has 0 spiro atoms. The molecule has 21 heavy (non-hydrogen) atoms. The fourth-order valence-corrected chi connectivity index (χ4v) is 2.50. The van der Waals surface area contributed by atoms with Crippen LogP contribution in [0.1, 0.15) is 11.1 Å². The highest BCUT2D eigenvalue weighted by Gasteiger charge is 2.09. The second-order valence-corrected chi connectivity index (χ2v) is 5.62. The van der Waals surface area contributed by atoms with E-state index >= 15 is 0 Å². The molecule has 0 saturated carbocycles. The molecule has 0 heterocycles. The number of halogens is 1. The molecule has 2 rings (SSSR count). The molecule has 2 aromatic carbocycles. The number of nitrogens with one attached hydrogen (secondary N) is 1. The van der Waals surface area contributed by atoms with Crippen LogP contribution in [0.3, 0.4) is 0 Å². The van der Waals surface area contributed by atoms with Crippen molar-refractivity contribution in [3.63, 3.8) is 0 Å². The van der Waals surface area contributed by atoms with Gasteiger partial charge in [0.25, 0.3) is 0 Å². The summed E-state index contributed by atoms with van der Waals surface area (Å²) < 4.78 is 5.96. The van der Waals surface area contributed by atoms with Crippen molar-refractivity contribution in [3.8, 4) is 5.75 Å². The number of rotatable bonds is 4. The standard InChI is InChI=1S/C16H17BrN2O2/c1-10-6-13(17)15(9-14(10)18)19-16(20)8-11-4-3-5-12(7-11)21-2/h3-7,9H,8,18H2,1-2H3,(H,19,20). The largest absolute Gasteiger partial charge is 0.497 e. The Morgan fingerprint density at radius 1 is 1.33 bits per heavy atom. The lowest BCUT2D eigenvalue weighted by Crippen LogP contribution is -2.15. The first-order valence-electron chi connectivity index (χ1n) is 6.48. The van der Waals surface area contributed by atoms with E-state index in [1.807, 2.05) is 37.3 Å². The lowest BCUT2D eigenvalue weighted by molar-refractivity contribution is -0.115. The first kappa shape index (κ1) is 15.4. The van der Waals surface area contributed by atoms with Gasteiger partial charge in [-0.15, -0.1) is 0 Å². The van der Waals surface area contributed by atoms with Crippen molar-refractivity contribution in [1.29, 1.82) is 0 Å². The maximum absolute atomic E-state index is 12.1. The van der Waals surface area contributed by atoms with Gasteiger partial charge in [0.15, 0.2) is 0 Å². The van der Waals surface area contributed by atoms with Crippen molar-refractivity contribution >= 4 is 33.2 Å². The van der Waals surface area contributed by atoms with Crippen LogP contribution in [-0.4, -0.2) is 13.0 Å². The summed E-state index contributed by atoms with van der Waals surface area (Å²) >= 11 is 3.43. The summed E-state index contributed by atoms with van der Waals surface area (Å²) in [5.74, 6) is 0.633. The number of carbonyl (C=O) groups excluding carboxylic acids is 1. The van der Waals surface area contributed by atoms with Gasteiger partial charge in [-0.25, -0.2) is 0 Å². The van der Waals surface area contributed by atoms with Gasteiger partial charge in [-0.3, -0.25) is 4.79 Å². The lowest BCUT2D eigenvalue weighted by Gasteiger charge is -2.10. The lowest BCUT2D eigenvalue weighted by atomic mass is 10.1. The highest BCUT2D eigenvalue weighted by atomic mass is 79.9. The predicted octanol–water partition coefficient (Wildman–Crippen LogP) is 3.53. The summed E-state index contributed by atoms with van der Waals surface area (Å²) in [6.07, 6.45) is 0.275. The van der Waals surface area contributed by atoms with Crippen molar-refractivity contribution in [2.45, 2.75) is 13.3 Å². The Morgan fingerprint density at radius 2 is 2.10 bits per heavy atom. The summed E-state index contributed by atoms with van der Waals surface area (Å²) in [6, 6.07) is 11.1. The number of anilines is 2. The molecule has 0 saturated heterocycles. The maximum atomic E-state index is 12.1. The van der Waals surface area contributed by atoms with Gasteiger partial charge >= 0.3 is 0 Å². The van der Waals surface area contributed by atoms with Crippen LogP contribution >= 0.6 is 15.9 Å². The molecule has 0 bridgehead atoms. The average molecular weight is 349 g/mol. The second-order valence-electron chi connectivity index (χ2n) is 4.77. The Bertz CT molecular complexity index is 671. The number of aryl methyl sites for hydroxylation is 1. The Balaban J connectivity index is 2.09. The molecule has 4 nitrogen and oxygen atoms in total. The van der Waals surface area contributed by atoms with Crippen molar-refractivity contribution in [2.75, 3.05) is 18.2 Å². The van der Waals surface area contributed by atoms with Gasteiger partial charge in [0.1, 0.15) is 5.75 Å². The number of nitrogens with two attached hydrogens (primary N) is 1. The quantitative estimate of drug-likeness (QED) is 0.830. The van der Waals surface area contributed by atoms with Crippen LogP contribution in [0.25, 0.3) is 0 Å². The van der Waals surface area contributed by atoms with E-state index in [0.29, 0.717) is 11.4 Å². The molecular weight excluding hydrogens is 332 g/mol. The van der Waals surface area contributed by atoms with Crippen LogP contribution in [0.5, 0.6) is 5.75 Å². The van der Waals surface area contributed by atoms with Crippen LogP contribution in [0, 0.1) is 6.92 Å². The number of ether oxygens (including phenoxy) is 1. The molecule has 0 fully saturated rings. The number of amides is 1. The Labute approximate surface area is 132 Å². The first-order valence-corrected chi connectivity index (χ1v) is 7.27. The van der Waals surface area contributed by atoms with Crippen LogP contribution in [-0.2, 0) is 11.2 Å². The Hall–Kier alpha value is -2.01.